The molecule has 0 aromatic heterocycles. The molecule has 0 unspecified atom stereocenters. The number of β-amino-alcohol motifs (C(OH)–C–C–N with tert-alkyl or cyclic N) is 1. The van der Waals surface area contributed by atoms with Gasteiger partial charge in [0, 0.05) is 0 Å². The molecule has 1 amide bonds. The molecule has 14 heavy (non-hydrogen) atoms. The van der Waals surface area contributed by atoms with Crippen LogP contribution in [0.3, 0.4) is 0 Å². The first kappa shape index (κ1) is 9.93. The Hall–Kier alpha value is -0.610. The normalized spacial score (nSPS) is 27.8. The van der Waals surface area contributed by atoms with E-state index < -0.39 is 5.60 Å². The summed E-state index contributed by atoms with van der Waals surface area (Å²) in [5, 5.41) is 12.7. The van der Waals surface area contributed by atoms with Crippen LogP contribution < -0.4 is 5.32 Å². The molecule has 4 nitrogen and oxygen atoms in total. The van der Waals surface area contributed by atoms with Crippen LogP contribution in [0.15, 0.2) is 0 Å². The Bertz CT molecular complexity index is 245. The van der Waals surface area contributed by atoms with Gasteiger partial charge in [0.1, 0.15) is 0 Å². The summed E-state index contributed by atoms with van der Waals surface area (Å²) in [6.45, 7) is 2.73. The van der Waals surface area contributed by atoms with E-state index in [4.69, 9.17) is 0 Å². The molecule has 2 rings (SSSR count). The van der Waals surface area contributed by atoms with E-state index in [2.05, 4.69) is 5.32 Å². The number of hydrogen-bond donors (Lipinski definition) is 2. The third-order valence-corrected chi connectivity index (χ3v) is 3.45. The molecule has 1 saturated carbocycles. The lowest BCUT2D eigenvalue weighted by molar-refractivity contribution is -0.162. The van der Waals surface area contributed by atoms with Gasteiger partial charge in [0.05, 0.1) is 24.2 Å². The molecule has 0 spiro atoms. The first-order valence-corrected chi connectivity index (χ1v) is 5.20. The van der Waals surface area contributed by atoms with Gasteiger partial charge in [-0.05, 0) is 33.2 Å². The molecule has 1 heterocycles. The summed E-state index contributed by atoms with van der Waals surface area (Å²) in [6.07, 6.45) is 2.98. The van der Waals surface area contributed by atoms with Crippen LogP contribution in [-0.4, -0.2) is 47.2 Å². The van der Waals surface area contributed by atoms with Crippen molar-refractivity contribution >= 4 is 5.91 Å². The number of carbonyl (C=O) groups excluding carboxylic acids is 1. The highest BCUT2D eigenvalue weighted by molar-refractivity contribution is 5.88. The third-order valence-electron chi connectivity index (χ3n) is 3.45. The average molecular weight is 198 g/mol. The maximum Gasteiger partial charge on any atom is 0.243 e. The van der Waals surface area contributed by atoms with Gasteiger partial charge in [-0.2, -0.15) is 0 Å². The van der Waals surface area contributed by atoms with Gasteiger partial charge in [-0.1, -0.05) is 0 Å². The monoisotopic (exact) mass is 198 g/mol. The van der Waals surface area contributed by atoms with Crippen molar-refractivity contribution in [1.29, 1.82) is 0 Å². The van der Waals surface area contributed by atoms with Crippen molar-refractivity contribution in [1.82, 2.24) is 10.2 Å². The molecule has 2 fully saturated rings. The first-order valence-electron chi connectivity index (χ1n) is 5.20. The number of aliphatic hydroxyl groups is 1. The molecule has 0 aromatic carbocycles. The molecule has 0 radical (unpaired) electrons. The Labute approximate surface area is 84.3 Å². The molecule has 1 aliphatic carbocycles. The lowest BCUT2D eigenvalue weighted by Crippen LogP contribution is -2.69. The fourth-order valence-corrected chi connectivity index (χ4v) is 2.32. The summed E-state index contributed by atoms with van der Waals surface area (Å²) in [5.74, 6) is 0.165. The van der Waals surface area contributed by atoms with Crippen LogP contribution in [0.25, 0.3) is 0 Å². The van der Waals surface area contributed by atoms with E-state index in [0.29, 0.717) is 13.1 Å². The molecular formula is C10H18N2O2. The van der Waals surface area contributed by atoms with Gasteiger partial charge in [0.15, 0.2) is 0 Å². The van der Waals surface area contributed by atoms with Gasteiger partial charge in [0.2, 0.25) is 5.91 Å². The summed E-state index contributed by atoms with van der Waals surface area (Å²) in [5.41, 5.74) is -0.967. The van der Waals surface area contributed by atoms with Crippen LogP contribution in [0, 0.1) is 0 Å². The molecule has 80 valence electrons. The van der Waals surface area contributed by atoms with Crippen LogP contribution in [-0.2, 0) is 4.79 Å². The van der Waals surface area contributed by atoms with Crippen LogP contribution in [0.4, 0.5) is 0 Å². The van der Waals surface area contributed by atoms with E-state index in [9.17, 15) is 9.90 Å². The average Bonchev–Trinajstić information content (AvgIpc) is 1.98. The molecule has 2 N–H and O–H groups in total. The molecule has 1 saturated heterocycles. The molecule has 2 aliphatic rings. The maximum absolute atomic E-state index is 12.0. The van der Waals surface area contributed by atoms with E-state index in [1.165, 1.54) is 0 Å². The van der Waals surface area contributed by atoms with Crippen molar-refractivity contribution in [2.45, 2.75) is 37.3 Å². The highest BCUT2D eigenvalue weighted by Crippen LogP contribution is 2.35. The molecular weight excluding hydrogens is 180 g/mol. The van der Waals surface area contributed by atoms with E-state index >= 15 is 0 Å². The zero-order chi connectivity index (χ0) is 10.4. The van der Waals surface area contributed by atoms with Crippen LogP contribution in [0.1, 0.15) is 26.2 Å². The van der Waals surface area contributed by atoms with Crippen molar-refractivity contribution < 1.29 is 9.90 Å². The first-order chi connectivity index (χ1) is 6.49. The SMILES string of the molecule is CNC1(C(=O)N2CC(C)(O)C2)CCC1. The maximum atomic E-state index is 12.0. The minimum atomic E-state index is -0.658. The molecule has 4 heteroatoms. The highest BCUT2D eigenvalue weighted by atomic mass is 16.3. The number of rotatable bonds is 2. The number of amides is 1. The van der Waals surface area contributed by atoms with Crippen LogP contribution >= 0.6 is 0 Å². The van der Waals surface area contributed by atoms with Crippen molar-refractivity contribution in [3.05, 3.63) is 0 Å². The van der Waals surface area contributed by atoms with Crippen LogP contribution in [0.2, 0.25) is 0 Å². The van der Waals surface area contributed by atoms with Gasteiger partial charge >= 0.3 is 0 Å². The summed E-state index contributed by atoms with van der Waals surface area (Å²) in [6, 6.07) is 0. The second kappa shape index (κ2) is 2.94. The van der Waals surface area contributed by atoms with E-state index in [0.717, 1.165) is 19.3 Å². The second-order valence-corrected chi connectivity index (χ2v) is 4.84. The predicted molar refractivity (Wildman–Crippen MR) is 52.8 cm³/mol. The number of nitrogens with one attached hydrogen (secondary N) is 1. The van der Waals surface area contributed by atoms with Gasteiger partial charge in [-0.15, -0.1) is 0 Å². The molecule has 1 aliphatic heterocycles. The fraction of sp³-hybridized carbons (Fsp3) is 0.900. The smallest absolute Gasteiger partial charge is 0.243 e. The van der Waals surface area contributed by atoms with Gasteiger partial charge in [-0.3, -0.25) is 4.79 Å². The van der Waals surface area contributed by atoms with Crippen molar-refractivity contribution in [3.8, 4) is 0 Å². The quantitative estimate of drug-likeness (QED) is 0.642. The second-order valence-electron chi connectivity index (χ2n) is 4.84. The van der Waals surface area contributed by atoms with Gasteiger partial charge < -0.3 is 15.3 Å². The Morgan fingerprint density at radius 3 is 2.29 bits per heavy atom. The van der Waals surface area contributed by atoms with Gasteiger partial charge in [-0.25, -0.2) is 0 Å². The number of likely N-dealkylation sites (tertiary alicyclic amines) is 1. The fourth-order valence-electron chi connectivity index (χ4n) is 2.32. The minimum Gasteiger partial charge on any atom is -0.386 e. The van der Waals surface area contributed by atoms with Crippen molar-refractivity contribution in [2.24, 2.45) is 0 Å². The molecule has 0 aromatic rings. The summed E-state index contributed by atoms with van der Waals surface area (Å²) >= 11 is 0. The van der Waals surface area contributed by atoms with E-state index in [1.54, 1.807) is 11.8 Å². The largest absolute Gasteiger partial charge is 0.386 e. The Kier molecular flexibility index (Phi) is 2.08. The van der Waals surface area contributed by atoms with E-state index in [-0.39, 0.29) is 11.4 Å². The molecule has 0 atom stereocenters. The standard InChI is InChI=1S/C10H18N2O2/c1-9(14)6-12(7-9)8(13)10(11-2)4-3-5-10/h11,14H,3-7H2,1-2H3. The van der Waals surface area contributed by atoms with E-state index in [1.807, 2.05) is 7.05 Å². The zero-order valence-electron chi connectivity index (χ0n) is 8.84. The summed E-state index contributed by atoms with van der Waals surface area (Å²) in [4.78, 5) is 13.7. The van der Waals surface area contributed by atoms with Crippen molar-refractivity contribution in [2.75, 3.05) is 20.1 Å². The Morgan fingerprint density at radius 2 is 2.00 bits per heavy atom. The Balaban J connectivity index is 1.96. The topological polar surface area (TPSA) is 52.6 Å². The minimum absolute atomic E-state index is 0.165. The predicted octanol–water partition coefficient (Wildman–Crippen LogP) is -0.278. The summed E-state index contributed by atoms with van der Waals surface area (Å²) in [7, 11) is 1.84. The van der Waals surface area contributed by atoms with Gasteiger partial charge in [0.25, 0.3) is 0 Å². The number of likely N-dealkylation sites (N-methyl/N-ethyl adjacent to an activating group) is 1. The lowest BCUT2D eigenvalue weighted by atomic mass is 9.74. The number of nitrogens with zero attached hydrogens (tertiary/aromatic N) is 1. The molecule has 0 bridgehead atoms. The zero-order valence-corrected chi connectivity index (χ0v) is 8.84. The highest BCUT2D eigenvalue weighted by Gasteiger charge is 2.50. The summed E-state index contributed by atoms with van der Waals surface area (Å²) < 4.78 is 0. The van der Waals surface area contributed by atoms with Crippen LogP contribution in [0.5, 0.6) is 0 Å². The Morgan fingerprint density at radius 1 is 1.43 bits per heavy atom. The van der Waals surface area contributed by atoms with Crippen molar-refractivity contribution in [3.63, 3.8) is 0 Å². The third kappa shape index (κ3) is 1.33. The number of hydrogen-bond acceptors (Lipinski definition) is 3. The lowest BCUT2D eigenvalue weighted by Gasteiger charge is -2.50. The number of carbonyl (C=O) groups is 1.